The standard InChI is InChI=1S/C36H52N4O7/c1-35(2,3)46-32(42)30(20-11-13-21-37)39-31(41)29(19-12-14-22-38-33(43)47-36(4,5)6)40-34(44)45-23-28-26-17-9-7-15-24(26)25-16-8-10-18-27(25)28/h7-10,15-18,28-30H,11-14,19-23,37H2,1-6H3,(H,38,43)(H,39,41)(H,40,44)/t29-,30-/m0/s1. The summed E-state index contributed by atoms with van der Waals surface area (Å²) in [6.07, 6.45) is 1.63. The van der Waals surface area contributed by atoms with Crippen LogP contribution in [0.25, 0.3) is 11.1 Å². The normalized spacial score (nSPS) is 13.9. The molecule has 1 aliphatic carbocycles. The Morgan fingerprint density at radius 2 is 1.28 bits per heavy atom. The van der Waals surface area contributed by atoms with Crippen molar-refractivity contribution in [2.24, 2.45) is 5.73 Å². The van der Waals surface area contributed by atoms with Gasteiger partial charge in [0.2, 0.25) is 5.91 Å². The van der Waals surface area contributed by atoms with E-state index < -0.39 is 47.3 Å². The molecule has 0 fully saturated rings. The summed E-state index contributed by atoms with van der Waals surface area (Å²) in [6, 6.07) is 14.2. The largest absolute Gasteiger partial charge is 0.458 e. The van der Waals surface area contributed by atoms with Gasteiger partial charge in [-0.3, -0.25) is 4.79 Å². The summed E-state index contributed by atoms with van der Waals surface area (Å²) in [6.45, 7) is 11.5. The van der Waals surface area contributed by atoms with Gasteiger partial charge >= 0.3 is 18.2 Å². The molecule has 11 heteroatoms. The molecule has 0 saturated heterocycles. The molecule has 2 aromatic rings. The lowest BCUT2D eigenvalue weighted by Gasteiger charge is -2.26. The summed E-state index contributed by atoms with van der Waals surface area (Å²) in [5.74, 6) is -1.22. The van der Waals surface area contributed by atoms with Crippen molar-refractivity contribution in [2.75, 3.05) is 19.7 Å². The highest BCUT2D eigenvalue weighted by atomic mass is 16.6. The molecule has 0 spiro atoms. The van der Waals surface area contributed by atoms with Gasteiger partial charge in [-0.05, 0) is 109 Å². The first kappa shape index (κ1) is 37.3. The minimum absolute atomic E-state index is 0.0909. The van der Waals surface area contributed by atoms with Crippen LogP contribution in [-0.4, -0.2) is 67.0 Å². The van der Waals surface area contributed by atoms with E-state index in [2.05, 4.69) is 28.1 Å². The van der Waals surface area contributed by atoms with Crippen molar-refractivity contribution in [3.63, 3.8) is 0 Å². The lowest BCUT2D eigenvalue weighted by atomic mass is 9.98. The molecule has 0 unspecified atom stereocenters. The fourth-order valence-corrected chi connectivity index (χ4v) is 5.42. The van der Waals surface area contributed by atoms with Crippen molar-refractivity contribution in [2.45, 2.75) is 109 Å². The third-order valence-corrected chi connectivity index (χ3v) is 7.49. The topological polar surface area (TPSA) is 158 Å². The summed E-state index contributed by atoms with van der Waals surface area (Å²) in [5.41, 5.74) is 8.66. The van der Waals surface area contributed by atoms with E-state index in [-0.39, 0.29) is 18.9 Å². The number of hydrogen-bond donors (Lipinski definition) is 4. The molecule has 0 radical (unpaired) electrons. The number of nitrogens with two attached hydrogens (primary N) is 1. The van der Waals surface area contributed by atoms with Crippen LogP contribution < -0.4 is 21.7 Å². The second-order valence-corrected chi connectivity index (χ2v) is 13.8. The first-order chi connectivity index (χ1) is 22.2. The number of rotatable bonds is 15. The van der Waals surface area contributed by atoms with E-state index in [9.17, 15) is 19.2 Å². The third kappa shape index (κ3) is 12.2. The molecule has 258 valence electrons. The number of esters is 1. The van der Waals surface area contributed by atoms with Gasteiger partial charge in [-0.25, -0.2) is 14.4 Å². The Balaban J connectivity index is 1.67. The number of nitrogens with one attached hydrogen (secondary N) is 3. The summed E-state index contributed by atoms with van der Waals surface area (Å²) < 4.78 is 16.6. The van der Waals surface area contributed by atoms with Crippen LogP contribution in [0.2, 0.25) is 0 Å². The predicted octanol–water partition coefficient (Wildman–Crippen LogP) is 5.54. The Labute approximate surface area is 278 Å². The Hall–Kier alpha value is -4.12. The van der Waals surface area contributed by atoms with E-state index in [4.69, 9.17) is 19.9 Å². The van der Waals surface area contributed by atoms with Crippen LogP contribution in [0.5, 0.6) is 0 Å². The molecule has 0 bridgehead atoms. The lowest BCUT2D eigenvalue weighted by molar-refractivity contribution is -0.159. The summed E-state index contributed by atoms with van der Waals surface area (Å²) >= 11 is 0. The zero-order valence-corrected chi connectivity index (χ0v) is 28.6. The first-order valence-electron chi connectivity index (χ1n) is 16.5. The second kappa shape index (κ2) is 17.2. The summed E-state index contributed by atoms with van der Waals surface area (Å²) in [7, 11) is 0. The highest BCUT2D eigenvalue weighted by Crippen LogP contribution is 2.44. The van der Waals surface area contributed by atoms with E-state index in [0.717, 1.165) is 22.3 Å². The van der Waals surface area contributed by atoms with Gasteiger partial charge in [-0.2, -0.15) is 0 Å². The van der Waals surface area contributed by atoms with Crippen LogP contribution in [0.1, 0.15) is 97.1 Å². The maximum Gasteiger partial charge on any atom is 0.407 e. The Morgan fingerprint density at radius 3 is 1.85 bits per heavy atom. The fourth-order valence-electron chi connectivity index (χ4n) is 5.42. The molecule has 11 nitrogen and oxygen atoms in total. The Kier molecular flexibility index (Phi) is 13.6. The van der Waals surface area contributed by atoms with Gasteiger partial charge in [0.1, 0.15) is 29.9 Å². The van der Waals surface area contributed by atoms with E-state index in [0.29, 0.717) is 45.2 Å². The van der Waals surface area contributed by atoms with Gasteiger partial charge < -0.3 is 35.9 Å². The van der Waals surface area contributed by atoms with Crippen molar-refractivity contribution in [1.29, 1.82) is 0 Å². The van der Waals surface area contributed by atoms with Crippen molar-refractivity contribution in [1.82, 2.24) is 16.0 Å². The molecule has 0 aliphatic heterocycles. The maximum absolute atomic E-state index is 13.6. The molecule has 0 heterocycles. The van der Waals surface area contributed by atoms with Gasteiger partial charge in [0.05, 0.1) is 0 Å². The molecular formula is C36H52N4O7. The molecule has 2 aromatic carbocycles. The molecule has 3 amide bonds. The van der Waals surface area contributed by atoms with E-state index in [1.807, 2.05) is 36.4 Å². The minimum Gasteiger partial charge on any atom is -0.458 e. The fraction of sp³-hybridized carbons (Fsp3) is 0.556. The molecule has 47 heavy (non-hydrogen) atoms. The molecular weight excluding hydrogens is 600 g/mol. The number of unbranched alkanes of at least 4 members (excludes halogenated alkanes) is 2. The molecule has 0 saturated carbocycles. The highest BCUT2D eigenvalue weighted by Gasteiger charge is 2.32. The monoisotopic (exact) mass is 652 g/mol. The predicted molar refractivity (Wildman–Crippen MR) is 181 cm³/mol. The Morgan fingerprint density at radius 1 is 0.723 bits per heavy atom. The highest BCUT2D eigenvalue weighted by molar-refractivity contribution is 5.89. The molecule has 1 aliphatic rings. The smallest absolute Gasteiger partial charge is 0.407 e. The van der Waals surface area contributed by atoms with Crippen molar-refractivity contribution < 1.29 is 33.4 Å². The van der Waals surface area contributed by atoms with Crippen molar-refractivity contribution >= 4 is 24.1 Å². The molecule has 2 atom stereocenters. The molecule has 3 rings (SSSR count). The molecule has 5 N–H and O–H groups in total. The number of carbonyl (C=O) groups excluding carboxylic acids is 4. The van der Waals surface area contributed by atoms with Crippen LogP contribution in [0.3, 0.4) is 0 Å². The van der Waals surface area contributed by atoms with Gasteiger partial charge in [0.15, 0.2) is 0 Å². The van der Waals surface area contributed by atoms with Crippen LogP contribution in [0.4, 0.5) is 9.59 Å². The number of hydrogen-bond acceptors (Lipinski definition) is 8. The number of carbonyl (C=O) groups is 4. The van der Waals surface area contributed by atoms with Gasteiger partial charge in [0.25, 0.3) is 0 Å². The number of benzene rings is 2. The average Bonchev–Trinajstić information content (AvgIpc) is 3.30. The first-order valence-corrected chi connectivity index (χ1v) is 16.5. The van der Waals surface area contributed by atoms with Crippen molar-refractivity contribution in [3.05, 3.63) is 59.7 Å². The zero-order chi connectivity index (χ0) is 34.6. The Bertz CT molecular complexity index is 1320. The summed E-state index contributed by atoms with van der Waals surface area (Å²) in [5, 5.41) is 8.22. The zero-order valence-electron chi connectivity index (χ0n) is 28.6. The van der Waals surface area contributed by atoms with E-state index in [1.54, 1.807) is 41.5 Å². The van der Waals surface area contributed by atoms with Crippen molar-refractivity contribution in [3.8, 4) is 11.1 Å². The number of amides is 3. The van der Waals surface area contributed by atoms with Gasteiger partial charge in [-0.15, -0.1) is 0 Å². The third-order valence-electron chi connectivity index (χ3n) is 7.49. The maximum atomic E-state index is 13.6. The van der Waals surface area contributed by atoms with E-state index >= 15 is 0 Å². The van der Waals surface area contributed by atoms with Gasteiger partial charge in [-0.1, -0.05) is 48.5 Å². The average molecular weight is 653 g/mol. The SMILES string of the molecule is CC(C)(C)OC(=O)NCCCC[C@H](NC(=O)OCC1c2ccccc2-c2ccccc21)C(=O)N[C@@H](CCCCN)C(=O)OC(C)(C)C. The summed E-state index contributed by atoms with van der Waals surface area (Å²) in [4.78, 5) is 51.8. The van der Waals surface area contributed by atoms with Crippen LogP contribution >= 0.6 is 0 Å². The molecule has 0 aromatic heterocycles. The van der Waals surface area contributed by atoms with E-state index in [1.165, 1.54) is 0 Å². The van der Waals surface area contributed by atoms with Crippen LogP contribution in [-0.2, 0) is 23.8 Å². The quantitative estimate of drug-likeness (QED) is 0.111. The number of alkyl carbamates (subject to hydrolysis) is 2. The minimum atomic E-state index is -0.994. The van der Waals surface area contributed by atoms with Crippen LogP contribution in [0, 0.1) is 0 Å². The lowest BCUT2D eigenvalue weighted by Crippen LogP contribution is -2.52. The second-order valence-electron chi connectivity index (χ2n) is 13.8. The number of ether oxygens (including phenoxy) is 3. The number of fused-ring (bicyclic) bond motifs is 3. The van der Waals surface area contributed by atoms with Crippen LogP contribution in [0.15, 0.2) is 48.5 Å². The van der Waals surface area contributed by atoms with Gasteiger partial charge in [0, 0.05) is 12.5 Å².